The Bertz CT molecular complexity index is 978. The first-order valence-corrected chi connectivity index (χ1v) is 10.3. The molecule has 1 saturated heterocycles. The van der Waals surface area contributed by atoms with E-state index < -0.39 is 0 Å². The molecule has 5 heteroatoms. The van der Waals surface area contributed by atoms with E-state index >= 15 is 0 Å². The number of hydrogen-bond donors (Lipinski definition) is 1. The average Bonchev–Trinajstić information content (AvgIpc) is 3.20. The number of amides is 1. The number of nitrogens with zero attached hydrogens (tertiary/aromatic N) is 3. The summed E-state index contributed by atoms with van der Waals surface area (Å²) in [6.07, 6.45) is 4.10. The van der Waals surface area contributed by atoms with Crippen molar-refractivity contribution in [2.24, 2.45) is 5.92 Å². The lowest BCUT2D eigenvalue weighted by Crippen LogP contribution is -2.42. The number of nitrogens with one attached hydrogen (secondary N) is 1. The highest BCUT2D eigenvalue weighted by molar-refractivity contribution is 6.00. The second-order valence-corrected chi connectivity index (χ2v) is 7.80. The number of piperidine rings is 1. The van der Waals surface area contributed by atoms with Gasteiger partial charge in [-0.15, -0.1) is 0 Å². The summed E-state index contributed by atoms with van der Waals surface area (Å²) in [6, 6.07) is 18.1. The lowest BCUT2D eigenvalue weighted by Gasteiger charge is -2.32. The third-order valence-electron chi connectivity index (χ3n) is 5.66. The minimum Gasteiger partial charge on any atom is -0.338 e. The third kappa shape index (κ3) is 4.10. The summed E-state index contributed by atoms with van der Waals surface area (Å²) in [5, 5.41) is 8.09. The van der Waals surface area contributed by atoms with Gasteiger partial charge in [0.25, 0.3) is 5.91 Å². The molecule has 2 heterocycles. The van der Waals surface area contributed by atoms with Crippen molar-refractivity contribution in [3.63, 3.8) is 0 Å². The van der Waals surface area contributed by atoms with E-state index in [1.807, 2.05) is 71.4 Å². The first-order valence-electron chi connectivity index (χ1n) is 10.3. The van der Waals surface area contributed by atoms with Crippen LogP contribution in [0.5, 0.6) is 0 Å². The van der Waals surface area contributed by atoms with Gasteiger partial charge < -0.3 is 10.2 Å². The Morgan fingerprint density at radius 1 is 1.14 bits per heavy atom. The summed E-state index contributed by atoms with van der Waals surface area (Å²) in [7, 11) is 1.97. The van der Waals surface area contributed by atoms with Gasteiger partial charge in [0.2, 0.25) is 0 Å². The van der Waals surface area contributed by atoms with Crippen molar-refractivity contribution >= 4 is 5.91 Å². The Hall–Kier alpha value is -2.92. The van der Waals surface area contributed by atoms with E-state index in [0.717, 1.165) is 48.6 Å². The molecule has 150 valence electrons. The maximum Gasteiger partial charge on any atom is 0.257 e. The number of aromatic nitrogens is 2. The van der Waals surface area contributed by atoms with E-state index in [-0.39, 0.29) is 5.91 Å². The number of aryl methyl sites for hydroxylation is 1. The number of carbonyl (C=O) groups excluding carboxylic acids is 1. The van der Waals surface area contributed by atoms with Crippen LogP contribution in [0.15, 0.2) is 60.8 Å². The second-order valence-electron chi connectivity index (χ2n) is 7.80. The van der Waals surface area contributed by atoms with Gasteiger partial charge in [-0.25, -0.2) is 4.68 Å². The molecule has 1 aromatic heterocycles. The number of carbonyl (C=O) groups is 1. The van der Waals surface area contributed by atoms with Crippen LogP contribution in [0.4, 0.5) is 0 Å². The molecule has 3 aromatic rings. The number of rotatable bonds is 5. The summed E-state index contributed by atoms with van der Waals surface area (Å²) in [6.45, 7) is 4.61. The topological polar surface area (TPSA) is 50.2 Å². The van der Waals surface area contributed by atoms with E-state index in [1.165, 1.54) is 6.42 Å². The fourth-order valence-electron chi connectivity index (χ4n) is 4.16. The van der Waals surface area contributed by atoms with Crippen LogP contribution in [0, 0.1) is 12.8 Å². The van der Waals surface area contributed by atoms with Crippen LogP contribution in [0.1, 0.15) is 28.8 Å². The summed E-state index contributed by atoms with van der Waals surface area (Å²) in [5.74, 6) is 0.579. The monoisotopic (exact) mass is 388 g/mol. The smallest absolute Gasteiger partial charge is 0.257 e. The van der Waals surface area contributed by atoms with Crippen molar-refractivity contribution in [3.05, 3.63) is 71.9 Å². The first-order chi connectivity index (χ1) is 14.2. The molecule has 4 rings (SSSR count). The molecule has 1 fully saturated rings. The molecule has 2 aromatic carbocycles. The minimum absolute atomic E-state index is 0.0752. The zero-order valence-corrected chi connectivity index (χ0v) is 17.1. The summed E-state index contributed by atoms with van der Waals surface area (Å²) in [5.41, 5.74) is 4.51. The van der Waals surface area contributed by atoms with Crippen LogP contribution in [0.25, 0.3) is 16.9 Å². The van der Waals surface area contributed by atoms with Crippen LogP contribution in [0.2, 0.25) is 0 Å². The highest BCUT2D eigenvalue weighted by atomic mass is 16.2. The molecule has 1 amide bonds. The van der Waals surface area contributed by atoms with Gasteiger partial charge in [-0.1, -0.05) is 42.5 Å². The lowest BCUT2D eigenvalue weighted by atomic mass is 9.96. The van der Waals surface area contributed by atoms with Crippen molar-refractivity contribution in [3.8, 4) is 16.9 Å². The number of likely N-dealkylation sites (tertiary alicyclic amines) is 1. The highest BCUT2D eigenvalue weighted by Gasteiger charge is 2.28. The van der Waals surface area contributed by atoms with Gasteiger partial charge in [0, 0.05) is 24.8 Å². The predicted octanol–water partition coefficient (Wildman–Crippen LogP) is 3.92. The summed E-state index contributed by atoms with van der Waals surface area (Å²) < 4.78 is 1.82. The third-order valence-corrected chi connectivity index (χ3v) is 5.66. The van der Waals surface area contributed by atoms with Crippen LogP contribution < -0.4 is 5.32 Å². The van der Waals surface area contributed by atoms with Gasteiger partial charge in [0.15, 0.2) is 0 Å². The second kappa shape index (κ2) is 8.62. The van der Waals surface area contributed by atoms with Gasteiger partial charge in [0.1, 0.15) is 5.69 Å². The molecule has 1 aliphatic rings. The lowest BCUT2D eigenvalue weighted by molar-refractivity contribution is 0.0675. The van der Waals surface area contributed by atoms with Crippen LogP contribution >= 0.6 is 0 Å². The van der Waals surface area contributed by atoms with Crippen LogP contribution in [0.3, 0.4) is 0 Å². The first kappa shape index (κ1) is 19.4. The van der Waals surface area contributed by atoms with E-state index in [2.05, 4.69) is 18.3 Å². The molecular weight excluding hydrogens is 360 g/mol. The summed E-state index contributed by atoms with van der Waals surface area (Å²) >= 11 is 0. The molecule has 0 aliphatic carbocycles. The van der Waals surface area contributed by atoms with Crippen LogP contribution in [-0.4, -0.2) is 47.3 Å². The Balaban J connectivity index is 1.74. The maximum absolute atomic E-state index is 13.6. The van der Waals surface area contributed by atoms with E-state index in [1.54, 1.807) is 0 Å². The van der Waals surface area contributed by atoms with Gasteiger partial charge in [-0.05, 0) is 57.0 Å². The standard InChI is InChI=1S/C24H28N4O/c1-18-9-6-7-13-21(18)23-22(17-28(26-23)20-11-4-3-5-12-20)24(29)27-14-8-10-19(16-27)15-25-2/h3-7,9,11-13,17,19,25H,8,10,14-16H2,1-2H3. The van der Waals surface area contributed by atoms with Crippen molar-refractivity contribution in [1.82, 2.24) is 20.0 Å². The van der Waals surface area contributed by atoms with E-state index in [4.69, 9.17) is 5.10 Å². The molecule has 1 aliphatic heterocycles. The SMILES string of the molecule is CNCC1CCCN(C(=O)c2cn(-c3ccccc3)nc2-c2ccccc2C)C1. The molecular formula is C24H28N4O. The summed E-state index contributed by atoms with van der Waals surface area (Å²) in [4.78, 5) is 15.6. The maximum atomic E-state index is 13.6. The molecule has 0 saturated carbocycles. The fraction of sp³-hybridized carbons (Fsp3) is 0.333. The van der Waals surface area contributed by atoms with Crippen LogP contribution in [-0.2, 0) is 0 Å². The molecule has 0 bridgehead atoms. The van der Waals surface area contributed by atoms with Gasteiger partial charge >= 0.3 is 0 Å². The van der Waals surface area contributed by atoms with Crippen molar-refractivity contribution in [2.45, 2.75) is 19.8 Å². The van der Waals surface area contributed by atoms with Crippen molar-refractivity contribution in [2.75, 3.05) is 26.7 Å². The molecule has 5 nitrogen and oxygen atoms in total. The Labute approximate surface area is 172 Å². The quantitative estimate of drug-likeness (QED) is 0.721. The van der Waals surface area contributed by atoms with Crippen molar-refractivity contribution < 1.29 is 4.79 Å². The zero-order chi connectivity index (χ0) is 20.2. The highest BCUT2D eigenvalue weighted by Crippen LogP contribution is 2.29. The molecule has 0 radical (unpaired) electrons. The van der Waals surface area contributed by atoms with Gasteiger partial charge in [-0.2, -0.15) is 5.10 Å². The minimum atomic E-state index is 0.0752. The van der Waals surface area contributed by atoms with Gasteiger partial charge in [-0.3, -0.25) is 4.79 Å². The fourth-order valence-corrected chi connectivity index (χ4v) is 4.16. The normalized spacial score (nSPS) is 16.8. The molecule has 1 unspecified atom stereocenters. The van der Waals surface area contributed by atoms with E-state index in [9.17, 15) is 4.79 Å². The Morgan fingerprint density at radius 2 is 1.90 bits per heavy atom. The molecule has 0 spiro atoms. The molecule has 29 heavy (non-hydrogen) atoms. The average molecular weight is 389 g/mol. The Kier molecular flexibility index (Phi) is 5.76. The van der Waals surface area contributed by atoms with E-state index in [0.29, 0.717) is 11.5 Å². The predicted molar refractivity (Wildman–Crippen MR) is 116 cm³/mol. The molecule has 1 atom stereocenters. The number of para-hydroxylation sites is 1. The van der Waals surface area contributed by atoms with Gasteiger partial charge in [0.05, 0.1) is 11.3 Å². The Morgan fingerprint density at radius 3 is 2.66 bits per heavy atom. The zero-order valence-electron chi connectivity index (χ0n) is 17.1. The largest absolute Gasteiger partial charge is 0.338 e. The molecule has 1 N–H and O–H groups in total. The van der Waals surface area contributed by atoms with Crippen molar-refractivity contribution in [1.29, 1.82) is 0 Å². The number of hydrogen-bond acceptors (Lipinski definition) is 3. The number of benzene rings is 2.